The fourth-order valence-corrected chi connectivity index (χ4v) is 2.54. The molecule has 0 fully saturated rings. The van der Waals surface area contributed by atoms with Gasteiger partial charge in [0.1, 0.15) is 12.7 Å². The summed E-state index contributed by atoms with van der Waals surface area (Å²) < 4.78 is 16.2. The second kappa shape index (κ2) is 7.97. The van der Waals surface area contributed by atoms with Gasteiger partial charge >= 0.3 is 5.97 Å². The van der Waals surface area contributed by atoms with E-state index in [4.69, 9.17) is 31.5 Å². The first-order valence-corrected chi connectivity index (χ1v) is 8.28. The summed E-state index contributed by atoms with van der Waals surface area (Å²) in [6.07, 6.45) is -0.326. The van der Waals surface area contributed by atoms with Gasteiger partial charge in [0.05, 0.1) is 22.8 Å². The number of para-hydroxylation sites is 3. The number of halogens is 1. The van der Waals surface area contributed by atoms with Gasteiger partial charge in [-0.1, -0.05) is 29.8 Å². The van der Waals surface area contributed by atoms with E-state index in [1.54, 1.807) is 18.2 Å². The molecule has 0 spiro atoms. The summed E-state index contributed by atoms with van der Waals surface area (Å²) in [5.74, 6) is 0.122. The van der Waals surface area contributed by atoms with Crippen LogP contribution in [0, 0.1) is 0 Å². The molecule has 1 aliphatic heterocycles. The normalized spacial score (nSPS) is 15.2. The number of carbonyl (C=O) groups is 2. The highest BCUT2D eigenvalue weighted by molar-refractivity contribution is 6.33. The Labute approximate surface area is 155 Å². The van der Waals surface area contributed by atoms with Gasteiger partial charge in [-0.05, 0) is 24.3 Å². The van der Waals surface area contributed by atoms with Crippen LogP contribution in [0.25, 0.3) is 0 Å². The summed E-state index contributed by atoms with van der Waals surface area (Å²) in [6.45, 7) is 0.106. The lowest BCUT2D eigenvalue weighted by Gasteiger charge is -2.26. The molecule has 0 bridgehead atoms. The summed E-state index contributed by atoms with van der Waals surface area (Å²) >= 11 is 5.85. The number of amides is 1. The molecule has 1 heterocycles. The number of ether oxygens (including phenoxy) is 3. The van der Waals surface area contributed by atoms with Gasteiger partial charge in [0.25, 0.3) is 5.91 Å². The van der Waals surface area contributed by atoms with E-state index >= 15 is 0 Å². The SMILES string of the molecule is Nc1c(Cl)cccc1C(=O)OCC(=O)NCC1COc2ccccc2O1. The number of anilines is 1. The van der Waals surface area contributed by atoms with E-state index < -0.39 is 18.5 Å². The molecule has 0 aromatic heterocycles. The Morgan fingerprint density at radius 3 is 2.77 bits per heavy atom. The maximum atomic E-state index is 12.0. The number of esters is 1. The van der Waals surface area contributed by atoms with E-state index in [-0.39, 0.29) is 28.9 Å². The van der Waals surface area contributed by atoms with Crippen LogP contribution in [-0.2, 0) is 9.53 Å². The highest BCUT2D eigenvalue weighted by atomic mass is 35.5. The second-order valence-electron chi connectivity index (χ2n) is 5.58. The molecule has 3 N–H and O–H groups in total. The smallest absolute Gasteiger partial charge is 0.340 e. The van der Waals surface area contributed by atoms with Crippen molar-refractivity contribution in [1.82, 2.24) is 5.32 Å². The predicted octanol–water partition coefficient (Wildman–Crippen LogP) is 2.04. The topological polar surface area (TPSA) is 99.9 Å². The van der Waals surface area contributed by atoms with E-state index in [9.17, 15) is 9.59 Å². The van der Waals surface area contributed by atoms with Crippen LogP contribution < -0.4 is 20.5 Å². The van der Waals surface area contributed by atoms with Crippen molar-refractivity contribution in [1.29, 1.82) is 0 Å². The van der Waals surface area contributed by atoms with Gasteiger partial charge in [-0.15, -0.1) is 0 Å². The quantitative estimate of drug-likeness (QED) is 0.612. The molecule has 0 saturated heterocycles. The molecule has 1 aliphatic rings. The number of nitrogens with two attached hydrogens (primary N) is 1. The molecule has 26 heavy (non-hydrogen) atoms. The van der Waals surface area contributed by atoms with Gasteiger partial charge in [-0.25, -0.2) is 4.79 Å². The Kier molecular flexibility index (Phi) is 5.48. The average Bonchev–Trinajstić information content (AvgIpc) is 2.66. The Balaban J connectivity index is 1.45. The van der Waals surface area contributed by atoms with E-state index in [0.29, 0.717) is 18.1 Å². The second-order valence-corrected chi connectivity index (χ2v) is 5.99. The molecule has 3 rings (SSSR count). The van der Waals surface area contributed by atoms with Crippen LogP contribution in [0.1, 0.15) is 10.4 Å². The van der Waals surface area contributed by atoms with Gasteiger partial charge in [0.2, 0.25) is 0 Å². The summed E-state index contributed by atoms with van der Waals surface area (Å²) in [7, 11) is 0. The average molecular weight is 377 g/mol. The third-order valence-corrected chi connectivity index (χ3v) is 4.03. The number of benzene rings is 2. The number of fused-ring (bicyclic) bond motifs is 1. The number of hydrogen-bond donors (Lipinski definition) is 2. The summed E-state index contributed by atoms with van der Waals surface area (Å²) in [5, 5.41) is 2.89. The number of carbonyl (C=O) groups excluding carboxylic acids is 2. The van der Waals surface area contributed by atoms with Crippen LogP contribution in [0.5, 0.6) is 11.5 Å². The lowest BCUT2D eigenvalue weighted by Crippen LogP contribution is -2.42. The summed E-state index contributed by atoms with van der Waals surface area (Å²) in [6, 6.07) is 11.9. The zero-order chi connectivity index (χ0) is 18.5. The Morgan fingerprint density at radius 1 is 1.19 bits per heavy atom. The number of nitrogens with one attached hydrogen (secondary N) is 1. The molecule has 0 radical (unpaired) electrons. The summed E-state index contributed by atoms with van der Waals surface area (Å²) in [5.41, 5.74) is 5.95. The fourth-order valence-electron chi connectivity index (χ4n) is 2.37. The predicted molar refractivity (Wildman–Crippen MR) is 95.5 cm³/mol. The molecule has 1 unspecified atom stereocenters. The molecule has 0 saturated carbocycles. The highest BCUT2D eigenvalue weighted by Crippen LogP contribution is 2.30. The standard InChI is InChI=1S/C18H17ClN2O5/c19-13-5-3-4-12(17(13)20)18(23)25-10-16(22)21-8-11-9-24-14-6-1-2-7-15(14)26-11/h1-7,11H,8-10,20H2,(H,21,22). The number of rotatable bonds is 5. The van der Waals surface area contributed by atoms with Crippen LogP contribution >= 0.6 is 11.6 Å². The van der Waals surface area contributed by atoms with Crippen molar-refractivity contribution in [3.05, 3.63) is 53.1 Å². The maximum absolute atomic E-state index is 12.0. The van der Waals surface area contributed by atoms with Gasteiger partial charge in [-0.2, -0.15) is 0 Å². The van der Waals surface area contributed by atoms with Crippen molar-refractivity contribution in [3.8, 4) is 11.5 Å². The van der Waals surface area contributed by atoms with E-state index in [2.05, 4.69) is 5.32 Å². The first-order valence-electron chi connectivity index (χ1n) is 7.91. The van der Waals surface area contributed by atoms with Crippen molar-refractivity contribution in [2.75, 3.05) is 25.5 Å². The number of nitrogen functional groups attached to an aromatic ring is 1. The van der Waals surface area contributed by atoms with Crippen molar-refractivity contribution in [2.24, 2.45) is 0 Å². The molecule has 7 nitrogen and oxygen atoms in total. The van der Waals surface area contributed by atoms with Crippen molar-refractivity contribution in [3.63, 3.8) is 0 Å². The van der Waals surface area contributed by atoms with Gasteiger partial charge in [-0.3, -0.25) is 4.79 Å². The van der Waals surface area contributed by atoms with E-state index in [1.807, 2.05) is 18.2 Å². The maximum Gasteiger partial charge on any atom is 0.340 e. The van der Waals surface area contributed by atoms with Crippen LogP contribution in [0.2, 0.25) is 5.02 Å². The first kappa shape index (κ1) is 17.9. The minimum atomic E-state index is -0.716. The van der Waals surface area contributed by atoms with Crippen LogP contribution in [0.15, 0.2) is 42.5 Å². The lowest BCUT2D eigenvalue weighted by atomic mass is 10.2. The van der Waals surface area contributed by atoms with Crippen molar-refractivity contribution < 1.29 is 23.8 Å². The molecule has 1 amide bonds. The molecular formula is C18H17ClN2O5. The minimum Gasteiger partial charge on any atom is -0.486 e. The highest BCUT2D eigenvalue weighted by Gasteiger charge is 2.21. The molecule has 136 valence electrons. The van der Waals surface area contributed by atoms with Gasteiger partial charge in [0.15, 0.2) is 18.1 Å². The number of hydrogen-bond acceptors (Lipinski definition) is 6. The Bertz CT molecular complexity index is 827. The Morgan fingerprint density at radius 2 is 1.96 bits per heavy atom. The van der Waals surface area contributed by atoms with Gasteiger partial charge < -0.3 is 25.3 Å². The zero-order valence-corrected chi connectivity index (χ0v) is 14.5. The molecular weight excluding hydrogens is 360 g/mol. The molecule has 1 atom stereocenters. The van der Waals surface area contributed by atoms with Crippen LogP contribution in [0.4, 0.5) is 5.69 Å². The Hall–Kier alpha value is -2.93. The summed E-state index contributed by atoms with van der Waals surface area (Å²) in [4.78, 5) is 23.9. The minimum absolute atomic E-state index is 0.117. The third-order valence-electron chi connectivity index (χ3n) is 3.70. The van der Waals surface area contributed by atoms with Gasteiger partial charge in [0, 0.05) is 0 Å². The lowest BCUT2D eigenvalue weighted by molar-refractivity contribution is -0.124. The molecule has 0 aliphatic carbocycles. The first-order chi connectivity index (χ1) is 12.5. The van der Waals surface area contributed by atoms with E-state index in [0.717, 1.165) is 0 Å². The third kappa shape index (κ3) is 4.18. The monoisotopic (exact) mass is 376 g/mol. The largest absolute Gasteiger partial charge is 0.486 e. The fraction of sp³-hybridized carbons (Fsp3) is 0.222. The zero-order valence-electron chi connectivity index (χ0n) is 13.7. The molecule has 2 aromatic carbocycles. The van der Waals surface area contributed by atoms with Crippen LogP contribution in [-0.4, -0.2) is 37.7 Å². The molecule has 2 aromatic rings. The molecule has 8 heteroatoms. The van der Waals surface area contributed by atoms with E-state index in [1.165, 1.54) is 6.07 Å². The van der Waals surface area contributed by atoms with Crippen molar-refractivity contribution in [2.45, 2.75) is 6.10 Å². The van der Waals surface area contributed by atoms with Crippen molar-refractivity contribution >= 4 is 29.2 Å². The van der Waals surface area contributed by atoms with Crippen LogP contribution in [0.3, 0.4) is 0 Å².